The summed E-state index contributed by atoms with van der Waals surface area (Å²) in [5, 5.41) is 23.0. The smallest absolute Gasteiger partial charge is 0.387 e. The van der Waals surface area contributed by atoms with Gasteiger partial charge in [0.2, 0.25) is 0 Å². The van der Waals surface area contributed by atoms with Gasteiger partial charge in [0.15, 0.2) is 17.7 Å². The summed E-state index contributed by atoms with van der Waals surface area (Å²) in [7, 11) is 0. The van der Waals surface area contributed by atoms with Crippen LogP contribution in [0.4, 0.5) is 14.5 Å². The summed E-state index contributed by atoms with van der Waals surface area (Å²) < 4.78 is 33.9. The Labute approximate surface area is 203 Å². The normalized spacial score (nSPS) is 17.2. The quantitative estimate of drug-likeness (QED) is 0.355. The first-order valence-electron chi connectivity index (χ1n) is 11.0. The Morgan fingerprint density at radius 1 is 1.29 bits per heavy atom. The molecule has 1 unspecified atom stereocenters. The summed E-state index contributed by atoms with van der Waals surface area (Å²) >= 11 is 6.17. The van der Waals surface area contributed by atoms with Gasteiger partial charge >= 0.3 is 6.61 Å². The van der Waals surface area contributed by atoms with Gasteiger partial charge in [-0.3, -0.25) is 9.48 Å². The molecule has 1 fully saturated rings. The molecule has 5 rings (SSSR count). The van der Waals surface area contributed by atoms with E-state index in [1.165, 1.54) is 33.6 Å². The third-order valence-corrected chi connectivity index (χ3v) is 6.11. The number of Topliss-reactive ketones (excluding diaryl/α,β-unsaturated/α-hetero) is 1. The van der Waals surface area contributed by atoms with Gasteiger partial charge in [-0.1, -0.05) is 18.0 Å². The number of nitrogens with one attached hydrogen (secondary N) is 1. The lowest BCUT2D eigenvalue weighted by Gasteiger charge is -2.20. The maximum atomic E-state index is 13.1. The summed E-state index contributed by atoms with van der Waals surface area (Å²) in [6, 6.07) is 5.41. The number of ether oxygens (including phenoxy) is 1. The van der Waals surface area contributed by atoms with Crippen molar-refractivity contribution in [3.63, 3.8) is 0 Å². The molecule has 0 spiro atoms. The summed E-state index contributed by atoms with van der Waals surface area (Å²) in [6.45, 7) is -3.07. The van der Waals surface area contributed by atoms with Gasteiger partial charge in [0, 0.05) is 35.6 Å². The van der Waals surface area contributed by atoms with Crippen LogP contribution in [-0.4, -0.2) is 41.9 Å². The highest BCUT2D eigenvalue weighted by atomic mass is 35.5. The molecule has 0 amide bonds. The predicted octanol–water partition coefficient (Wildman–Crippen LogP) is 4.63. The standard InChI is InChI=1S/C23H21ClF2N6O3/c24-13-6-7-19(35-23(25)26)14(10-13)20-16(12-32(30-20)17-4-1-2-5-18(17)33)29-22(34)15-11-28-31-9-3-8-27-21(15)31/h3,6-12,17,22-23,29,34H,1-2,4-5H2/t17-,22?/m0/s1. The van der Waals surface area contributed by atoms with Gasteiger partial charge in [0.25, 0.3) is 0 Å². The van der Waals surface area contributed by atoms with Crippen LogP contribution in [-0.2, 0) is 4.79 Å². The molecule has 2 N–H and O–H groups in total. The Bertz CT molecular complexity index is 1370. The third-order valence-electron chi connectivity index (χ3n) is 5.88. The first-order valence-corrected chi connectivity index (χ1v) is 11.4. The van der Waals surface area contributed by atoms with Crippen molar-refractivity contribution >= 4 is 28.7 Å². The molecule has 0 bridgehead atoms. The molecule has 1 aliphatic carbocycles. The number of nitrogens with zero attached hydrogens (tertiary/aromatic N) is 5. The van der Waals surface area contributed by atoms with Crippen molar-refractivity contribution in [1.29, 1.82) is 0 Å². The monoisotopic (exact) mass is 502 g/mol. The van der Waals surface area contributed by atoms with Gasteiger partial charge in [-0.05, 0) is 37.1 Å². The Kier molecular flexibility index (Phi) is 6.35. The van der Waals surface area contributed by atoms with Crippen LogP contribution in [0.5, 0.6) is 5.75 Å². The SMILES string of the molecule is O=C1CCCC[C@@H]1n1cc(NC(O)c2cnn3cccnc23)c(-c2cc(Cl)ccc2OC(F)F)n1. The van der Waals surface area contributed by atoms with Crippen LogP contribution in [0.25, 0.3) is 16.9 Å². The lowest BCUT2D eigenvalue weighted by molar-refractivity contribution is -0.124. The number of aromatic nitrogens is 5. The fourth-order valence-corrected chi connectivity index (χ4v) is 4.42. The topological polar surface area (TPSA) is 107 Å². The van der Waals surface area contributed by atoms with Crippen LogP contribution >= 0.6 is 11.6 Å². The minimum atomic E-state index is -3.07. The molecule has 1 aliphatic rings. The number of ketones is 1. The molecule has 12 heteroatoms. The Balaban J connectivity index is 1.58. The van der Waals surface area contributed by atoms with Crippen molar-refractivity contribution in [3.05, 3.63) is 59.6 Å². The molecule has 9 nitrogen and oxygen atoms in total. The number of hydrogen-bond donors (Lipinski definition) is 2. The van der Waals surface area contributed by atoms with Crippen molar-refractivity contribution in [2.75, 3.05) is 5.32 Å². The van der Waals surface area contributed by atoms with E-state index in [2.05, 4.69) is 20.5 Å². The van der Waals surface area contributed by atoms with E-state index in [9.17, 15) is 18.7 Å². The lowest BCUT2D eigenvalue weighted by Crippen LogP contribution is -2.23. The number of anilines is 1. The average molecular weight is 503 g/mol. The largest absolute Gasteiger partial charge is 0.434 e. The Morgan fingerprint density at radius 2 is 2.14 bits per heavy atom. The van der Waals surface area contributed by atoms with E-state index < -0.39 is 18.9 Å². The first-order chi connectivity index (χ1) is 16.9. The average Bonchev–Trinajstić information content (AvgIpc) is 3.45. The summed E-state index contributed by atoms with van der Waals surface area (Å²) in [4.78, 5) is 16.8. The number of alkyl halides is 2. The number of aliphatic hydroxyl groups is 1. The van der Waals surface area contributed by atoms with E-state index in [4.69, 9.17) is 16.3 Å². The third kappa shape index (κ3) is 4.69. The van der Waals surface area contributed by atoms with Crippen molar-refractivity contribution in [3.8, 4) is 17.0 Å². The highest BCUT2D eigenvalue weighted by molar-refractivity contribution is 6.31. The zero-order valence-corrected chi connectivity index (χ0v) is 19.1. The number of halogens is 3. The van der Waals surface area contributed by atoms with Crippen LogP contribution in [0.15, 0.2) is 49.1 Å². The van der Waals surface area contributed by atoms with Gasteiger partial charge in [0.1, 0.15) is 17.5 Å². The number of carbonyl (C=O) groups is 1. The fraction of sp³-hybridized carbons (Fsp3) is 0.304. The van der Waals surface area contributed by atoms with E-state index >= 15 is 0 Å². The molecular formula is C23H21ClF2N6O3. The number of carbonyl (C=O) groups excluding carboxylic acids is 1. The number of fused-ring (bicyclic) bond motifs is 1. The van der Waals surface area contributed by atoms with Gasteiger partial charge in [0.05, 0.1) is 17.4 Å². The second kappa shape index (κ2) is 9.59. The van der Waals surface area contributed by atoms with Crippen LogP contribution in [0.1, 0.15) is 43.5 Å². The van der Waals surface area contributed by atoms with Gasteiger partial charge in [-0.15, -0.1) is 0 Å². The molecule has 1 saturated carbocycles. The first kappa shape index (κ1) is 23.2. The van der Waals surface area contributed by atoms with E-state index in [0.29, 0.717) is 29.7 Å². The zero-order valence-electron chi connectivity index (χ0n) is 18.3. The molecule has 182 valence electrons. The van der Waals surface area contributed by atoms with E-state index in [-0.39, 0.29) is 27.8 Å². The number of benzene rings is 1. The van der Waals surface area contributed by atoms with Crippen LogP contribution in [0.3, 0.4) is 0 Å². The Hall–Kier alpha value is -3.57. The van der Waals surface area contributed by atoms with E-state index in [1.54, 1.807) is 24.7 Å². The molecule has 4 aromatic rings. The molecular weight excluding hydrogens is 482 g/mol. The molecule has 3 heterocycles. The van der Waals surface area contributed by atoms with Crippen molar-refractivity contribution in [2.24, 2.45) is 0 Å². The van der Waals surface area contributed by atoms with E-state index in [0.717, 1.165) is 12.8 Å². The molecule has 3 aromatic heterocycles. The molecule has 0 saturated heterocycles. The summed E-state index contributed by atoms with van der Waals surface area (Å²) in [5.74, 6) is -0.0980. The van der Waals surface area contributed by atoms with Gasteiger partial charge < -0.3 is 15.2 Å². The second-order valence-corrected chi connectivity index (χ2v) is 8.59. The molecule has 0 aliphatic heterocycles. The highest BCUT2D eigenvalue weighted by Gasteiger charge is 2.28. The predicted molar refractivity (Wildman–Crippen MR) is 123 cm³/mol. The van der Waals surface area contributed by atoms with Crippen LogP contribution in [0.2, 0.25) is 5.02 Å². The summed E-state index contributed by atoms with van der Waals surface area (Å²) in [5.41, 5.74) is 1.52. The number of rotatable bonds is 7. The lowest BCUT2D eigenvalue weighted by atomic mass is 9.94. The van der Waals surface area contributed by atoms with Gasteiger partial charge in [-0.2, -0.15) is 19.0 Å². The van der Waals surface area contributed by atoms with E-state index in [1.807, 2.05) is 0 Å². The molecule has 35 heavy (non-hydrogen) atoms. The van der Waals surface area contributed by atoms with Crippen LogP contribution in [0, 0.1) is 0 Å². The zero-order chi connectivity index (χ0) is 24.5. The van der Waals surface area contributed by atoms with Gasteiger partial charge in [-0.25, -0.2) is 9.50 Å². The van der Waals surface area contributed by atoms with Crippen molar-refractivity contribution < 1.29 is 23.4 Å². The van der Waals surface area contributed by atoms with Crippen molar-refractivity contribution in [2.45, 2.75) is 44.6 Å². The maximum Gasteiger partial charge on any atom is 0.387 e. The molecule has 0 radical (unpaired) electrons. The number of hydrogen-bond acceptors (Lipinski definition) is 7. The Morgan fingerprint density at radius 3 is 2.94 bits per heavy atom. The number of aliphatic hydroxyl groups excluding tert-OH is 1. The second-order valence-electron chi connectivity index (χ2n) is 8.15. The van der Waals surface area contributed by atoms with Crippen molar-refractivity contribution in [1.82, 2.24) is 24.4 Å². The molecule has 2 atom stereocenters. The summed E-state index contributed by atoms with van der Waals surface area (Å²) in [6.07, 6.45) is 7.78. The minimum Gasteiger partial charge on any atom is -0.434 e. The maximum absolute atomic E-state index is 13.1. The highest BCUT2D eigenvalue weighted by Crippen LogP contribution is 2.39. The minimum absolute atomic E-state index is 0.0411. The molecule has 1 aromatic carbocycles. The van der Waals surface area contributed by atoms with Crippen LogP contribution < -0.4 is 10.1 Å². The fourth-order valence-electron chi connectivity index (χ4n) is 4.25.